The standard InChI is InChI=1S/C20H32N4O5/c1-20(2,3)29-19(26)15-23(14-13-22(4)5)18(25)7-6-12-21-16-8-10-17(11-9-16)24(27)28/h8-11,21H,6-7,12-15H2,1-5H3. The highest BCUT2D eigenvalue weighted by Crippen LogP contribution is 2.15. The predicted molar refractivity (Wildman–Crippen MR) is 112 cm³/mol. The van der Waals surface area contributed by atoms with Crippen molar-refractivity contribution in [1.82, 2.24) is 9.80 Å². The molecule has 0 atom stereocenters. The molecule has 0 aliphatic carbocycles. The molecule has 0 aliphatic heterocycles. The third kappa shape index (κ3) is 10.4. The first-order chi connectivity index (χ1) is 13.5. The fourth-order valence-electron chi connectivity index (χ4n) is 2.47. The molecule has 0 radical (unpaired) electrons. The number of nitro groups is 1. The smallest absolute Gasteiger partial charge is 0.326 e. The van der Waals surface area contributed by atoms with Crippen LogP contribution in [0.5, 0.6) is 0 Å². The Labute approximate surface area is 172 Å². The van der Waals surface area contributed by atoms with E-state index in [1.165, 1.54) is 17.0 Å². The maximum absolute atomic E-state index is 12.6. The van der Waals surface area contributed by atoms with Crippen molar-refractivity contribution in [3.63, 3.8) is 0 Å². The van der Waals surface area contributed by atoms with Crippen LogP contribution in [-0.2, 0) is 14.3 Å². The molecular formula is C20H32N4O5. The van der Waals surface area contributed by atoms with Gasteiger partial charge in [0.15, 0.2) is 0 Å². The van der Waals surface area contributed by atoms with Gasteiger partial charge in [-0.1, -0.05) is 0 Å². The molecule has 9 nitrogen and oxygen atoms in total. The van der Waals surface area contributed by atoms with E-state index in [4.69, 9.17) is 4.74 Å². The average molecular weight is 408 g/mol. The van der Waals surface area contributed by atoms with Crippen LogP contribution in [0.25, 0.3) is 0 Å². The first-order valence-electron chi connectivity index (χ1n) is 9.60. The SMILES string of the molecule is CN(C)CCN(CC(=O)OC(C)(C)C)C(=O)CCCNc1ccc([N+](=O)[O-])cc1. The summed E-state index contributed by atoms with van der Waals surface area (Å²) in [5.41, 5.74) is 0.188. The van der Waals surface area contributed by atoms with E-state index in [-0.39, 0.29) is 24.6 Å². The van der Waals surface area contributed by atoms with Gasteiger partial charge in [0.05, 0.1) is 4.92 Å². The van der Waals surface area contributed by atoms with Crippen molar-refractivity contribution in [2.75, 3.05) is 45.6 Å². The second kappa shape index (κ2) is 11.4. The van der Waals surface area contributed by atoms with E-state index in [1.807, 2.05) is 19.0 Å². The Morgan fingerprint density at radius 3 is 2.28 bits per heavy atom. The van der Waals surface area contributed by atoms with E-state index in [9.17, 15) is 19.7 Å². The minimum absolute atomic E-state index is 0.0319. The molecule has 0 saturated heterocycles. The van der Waals surface area contributed by atoms with Crippen molar-refractivity contribution in [3.8, 4) is 0 Å². The van der Waals surface area contributed by atoms with Crippen LogP contribution in [0.4, 0.5) is 11.4 Å². The highest BCUT2D eigenvalue weighted by molar-refractivity contribution is 5.82. The largest absolute Gasteiger partial charge is 0.459 e. The zero-order chi connectivity index (χ0) is 22.0. The number of rotatable bonds is 11. The lowest BCUT2D eigenvalue weighted by Gasteiger charge is -2.26. The number of carbonyl (C=O) groups is 2. The molecule has 9 heteroatoms. The molecule has 162 valence electrons. The van der Waals surface area contributed by atoms with Gasteiger partial charge in [0, 0.05) is 43.9 Å². The highest BCUT2D eigenvalue weighted by atomic mass is 16.6. The molecule has 1 aromatic rings. The molecule has 0 aromatic heterocycles. The average Bonchev–Trinajstić information content (AvgIpc) is 2.60. The van der Waals surface area contributed by atoms with Gasteiger partial charge in [-0.05, 0) is 53.4 Å². The molecule has 0 spiro atoms. The fourth-order valence-corrected chi connectivity index (χ4v) is 2.47. The van der Waals surface area contributed by atoms with Gasteiger partial charge in [0.2, 0.25) is 5.91 Å². The Bertz CT molecular complexity index is 683. The number of nitrogens with zero attached hydrogens (tertiary/aromatic N) is 3. The number of non-ortho nitro benzene ring substituents is 1. The summed E-state index contributed by atoms with van der Waals surface area (Å²) in [6.45, 7) is 6.94. The summed E-state index contributed by atoms with van der Waals surface area (Å²) in [5.74, 6) is -0.531. The quantitative estimate of drug-likeness (QED) is 0.260. The molecule has 0 fully saturated rings. The predicted octanol–water partition coefficient (Wildman–Crippen LogP) is 2.52. The van der Waals surface area contributed by atoms with Gasteiger partial charge in [0.25, 0.3) is 5.69 Å². The van der Waals surface area contributed by atoms with Crippen LogP contribution in [0.15, 0.2) is 24.3 Å². The molecule has 1 N–H and O–H groups in total. The number of hydrogen-bond donors (Lipinski definition) is 1. The molecular weight excluding hydrogens is 376 g/mol. The van der Waals surface area contributed by atoms with Gasteiger partial charge >= 0.3 is 5.97 Å². The zero-order valence-electron chi connectivity index (χ0n) is 17.9. The number of nitro benzene ring substituents is 1. The number of benzene rings is 1. The van der Waals surface area contributed by atoms with Crippen molar-refractivity contribution < 1.29 is 19.2 Å². The van der Waals surface area contributed by atoms with Gasteiger partial charge < -0.3 is 19.9 Å². The minimum atomic E-state index is -0.595. The molecule has 0 unspecified atom stereocenters. The van der Waals surface area contributed by atoms with E-state index in [0.29, 0.717) is 26.1 Å². The van der Waals surface area contributed by atoms with Crippen molar-refractivity contribution in [1.29, 1.82) is 0 Å². The van der Waals surface area contributed by atoms with Crippen LogP contribution in [-0.4, -0.2) is 72.5 Å². The number of anilines is 1. The maximum atomic E-state index is 12.6. The first-order valence-corrected chi connectivity index (χ1v) is 9.60. The highest BCUT2D eigenvalue weighted by Gasteiger charge is 2.22. The fraction of sp³-hybridized carbons (Fsp3) is 0.600. The summed E-state index contributed by atoms with van der Waals surface area (Å²) in [6.07, 6.45) is 0.860. The number of carbonyl (C=O) groups excluding carboxylic acids is 2. The Morgan fingerprint density at radius 2 is 1.76 bits per heavy atom. The number of nitrogens with one attached hydrogen (secondary N) is 1. The van der Waals surface area contributed by atoms with E-state index in [2.05, 4.69) is 5.32 Å². The third-order valence-corrected chi connectivity index (χ3v) is 3.88. The number of amides is 1. The summed E-state index contributed by atoms with van der Waals surface area (Å²) >= 11 is 0. The number of esters is 1. The summed E-state index contributed by atoms with van der Waals surface area (Å²) in [7, 11) is 3.81. The molecule has 0 heterocycles. The lowest BCUT2D eigenvalue weighted by Crippen LogP contribution is -2.42. The van der Waals surface area contributed by atoms with E-state index in [1.54, 1.807) is 32.9 Å². The van der Waals surface area contributed by atoms with Crippen LogP contribution in [0.2, 0.25) is 0 Å². The molecule has 0 saturated carbocycles. The first kappa shape index (κ1) is 24.4. The Balaban J connectivity index is 2.51. The zero-order valence-corrected chi connectivity index (χ0v) is 17.9. The van der Waals surface area contributed by atoms with E-state index in [0.717, 1.165) is 5.69 Å². The molecule has 1 rings (SSSR count). The van der Waals surface area contributed by atoms with Gasteiger partial charge in [-0.25, -0.2) is 0 Å². The van der Waals surface area contributed by atoms with Crippen molar-refractivity contribution in [3.05, 3.63) is 34.4 Å². The molecule has 29 heavy (non-hydrogen) atoms. The van der Waals surface area contributed by atoms with Gasteiger partial charge in [-0.2, -0.15) is 0 Å². The Hall–Kier alpha value is -2.68. The van der Waals surface area contributed by atoms with Gasteiger partial charge in [0.1, 0.15) is 12.1 Å². The lowest BCUT2D eigenvalue weighted by molar-refractivity contribution is -0.384. The number of likely N-dealkylation sites (N-methyl/N-ethyl adjacent to an activating group) is 1. The minimum Gasteiger partial charge on any atom is -0.459 e. The summed E-state index contributed by atoms with van der Waals surface area (Å²) in [4.78, 5) is 38.4. The second-order valence-electron chi connectivity index (χ2n) is 8.04. The summed E-state index contributed by atoms with van der Waals surface area (Å²) in [6, 6.07) is 6.12. The van der Waals surface area contributed by atoms with Crippen molar-refractivity contribution in [2.45, 2.75) is 39.2 Å². The third-order valence-electron chi connectivity index (χ3n) is 3.88. The van der Waals surface area contributed by atoms with Crippen LogP contribution in [0, 0.1) is 10.1 Å². The second-order valence-corrected chi connectivity index (χ2v) is 8.04. The van der Waals surface area contributed by atoms with Crippen molar-refractivity contribution in [2.24, 2.45) is 0 Å². The van der Waals surface area contributed by atoms with E-state index >= 15 is 0 Å². The molecule has 1 amide bonds. The number of hydrogen-bond acceptors (Lipinski definition) is 7. The molecule has 0 aliphatic rings. The Morgan fingerprint density at radius 1 is 1.14 bits per heavy atom. The lowest BCUT2D eigenvalue weighted by atomic mass is 10.2. The molecule has 0 bridgehead atoms. The van der Waals surface area contributed by atoms with Crippen LogP contribution < -0.4 is 5.32 Å². The topological polar surface area (TPSA) is 105 Å². The van der Waals surface area contributed by atoms with Crippen LogP contribution in [0.1, 0.15) is 33.6 Å². The number of ether oxygens (including phenoxy) is 1. The maximum Gasteiger partial charge on any atom is 0.326 e. The summed E-state index contributed by atoms with van der Waals surface area (Å²) in [5, 5.41) is 13.8. The normalized spacial score (nSPS) is 11.2. The van der Waals surface area contributed by atoms with Gasteiger partial charge in [-0.15, -0.1) is 0 Å². The summed E-state index contributed by atoms with van der Waals surface area (Å²) < 4.78 is 5.33. The van der Waals surface area contributed by atoms with Crippen LogP contribution in [0.3, 0.4) is 0 Å². The monoisotopic (exact) mass is 408 g/mol. The van der Waals surface area contributed by atoms with Crippen molar-refractivity contribution >= 4 is 23.3 Å². The molecule has 1 aromatic carbocycles. The van der Waals surface area contributed by atoms with Crippen LogP contribution >= 0.6 is 0 Å². The van der Waals surface area contributed by atoms with E-state index < -0.39 is 16.5 Å². The van der Waals surface area contributed by atoms with Gasteiger partial charge in [-0.3, -0.25) is 19.7 Å². The Kier molecular flexibility index (Phi) is 9.54.